The Labute approximate surface area is 122 Å². The van der Waals surface area contributed by atoms with Gasteiger partial charge in [-0.25, -0.2) is 0 Å². The first-order valence-electron chi connectivity index (χ1n) is 7.11. The predicted molar refractivity (Wildman–Crippen MR) is 89.9 cm³/mol. The minimum Gasteiger partial charge on any atom is -0.399 e. The zero-order valence-electron chi connectivity index (χ0n) is 12.9. The molecule has 0 bridgehead atoms. The maximum Gasteiger partial charge on any atom is 0.0349 e. The van der Waals surface area contributed by atoms with Crippen LogP contribution >= 0.6 is 0 Å². The summed E-state index contributed by atoms with van der Waals surface area (Å²) in [5, 5.41) is 0. The minimum atomic E-state index is 0.529. The summed E-state index contributed by atoms with van der Waals surface area (Å²) in [6.45, 7) is 8.63. The molecule has 0 radical (unpaired) electrons. The summed E-state index contributed by atoms with van der Waals surface area (Å²) in [6.07, 6.45) is 0. The summed E-state index contributed by atoms with van der Waals surface area (Å²) >= 11 is 0. The lowest BCUT2D eigenvalue weighted by Gasteiger charge is -2.07. The van der Waals surface area contributed by atoms with Gasteiger partial charge in [0.25, 0.3) is 0 Å². The SMILES string of the molecule is CC(C)c1ccc(N)cc1.CC(C)c1ccccc1N. The van der Waals surface area contributed by atoms with Crippen LogP contribution in [0.5, 0.6) is 0 Å². The Morgan fingerprint density at radius 2 is 1.25 bits per heavy atom. The number of benzene rings is 2. The summed E-state index contributed by atoms with van der Waals surface area (Å²) in [5.74, 6) is 1.13. The van der Waals surface area contributed by atoms with Crippen molar-refractivity contribution in [3.63, 3.8) is 0 Å². The summed E-state index contributed by atoms with van der Waals surface area (Å²) in [5.41, 5.74) is 15.6. The highest BCUT2D eigenvalue weighted by atomic mass is 14.6. The number of rotatable bonds is 2. The van der Waals surface area contributed by atoms with Crippen LogP contribution in [0.3, 0.4) is 0 Å². The fourth-order valence-electron chi connectivity index (χ4n) is 1.92. The van der Waals surface area contributed by atoms with Crippen molar-refractivity contribution in [3.05, 3.63) is 59.7 Å². The van der Waals surface area contributed by atoms with Crippen LogP contribution < -0.4 is 11.5 Å². The third-order valence-electron chi connectivity index (χ3n) is 3.22. The Hall–Kier alpha value is -1.96. The molecule has 0 saturated heterocycles. The standard InChI is InChI=1S/2C9H13N/c1-7(2)8-3-5-9(10)6-4-8;1-7(2)8-5-3-4-6-9(8)10/h2*3-7H,10H2,1-2H3. The van der Waals surface area contributed by atoms with Gasteiger partial charge >= 0.3 is 0 Å². The van der Waals surface area contributed by atoms with Gasteiger partial charge in [0.15, 0.2) is 0 Å². The van der Waals surface area contributed by atoms with Crippen molar-refractivity contribution < 1.29 is 0 Å². The zero-order chi connectivity index (χ0) is 15.1. The Kier molecular flexibility index (Phi) is 6.10. The molecule has 0 aromatic heterocycles. The molecule has 20 heavy (non-hydrogen) atoms. The van der Waals surface area contributed by atoms with Crippen LogP contribution in [-0.4, -0.2) is 0 Å². The second kappa shape index (κ2) is 7.59. The second-order valence-corrected chi connectivity index (χ2v) is 5.60. The molecule has 2 aromatic carbocycles. The lowest BCUT2D eigenvalue weighted by atomic mass is 10.0. The van der Waals surface area contributed by atoms with E-state index in [-0.39, 0.29) is 0 Å². The molecule has 0 unspecified atom stereocenters. The number of nitrogen functional groups attached to an aromatic ring is 2. The third-order valence-corrected chi connectivity index (χ3v) is 3.22. The number of hydrogen-bond acceptors (Lipinski definition) is 2. The van der Waals surface area contributed by atoms with Gasteiger partial charge in [0, 0.05) is 11.4 Å². The Morgan fingerprint density at radius 3 is 1.65 bits per heavy atom. The van der Waals surface area contributed by atoms with Gasteiger partial charge in [-0.2, -0.15) is 0 Å². The summed E-state index contributed by atoms with van der Waals surface area (Å²) in [6, 6.07) is 16.0. The van der Waals surface area contributed by atoms with Crippen molar-refractivity contribution >= 4 is 11.4 Å². The van der Waals surface area contributed by atoms with Crippen molar-refractivity contribution in [1.82, 2.24) is 0 Å². The van der Waals surface area contributed by atoms with Gasteiger partial charge < -0.3 is 11.5 Å². The third kappa shape index (κ3) is 4.96. The zero-order valence-corrected chi connectivity index (χ0v) is 12.9. The molecule has 2 nitrogen and oxygen atoms in total. The van der Waals surface area contributed by atoms with E-state index in [0.717, 1.165) is 11.4 Å². The number of anilines is 2. The number of nitrogens with two attached hydrogens (primary N) is 2. The molecule has 2 aromatic rings. The van der Waals surface area contributed by atoms with Crippen LogP contribution in [0.1, 0.15) is 50.7 Å². The second-order valence-electron chi connectivity index (χ2n) is 5.60. The lowest BCUT2D eigenvalue weighted by Crippen LogP contribution is -1.94. The van der Waals surface area contributed by atoms with Crippen LogP contribution in [0.25, 0.3) is 0 Å². The summed E-state index contributed by atoms with van der Waals surface area (Å²) in [7, 11) is 0. The van der Waals surface area contributed by atoms with Crippen LogP contribution in [0.4, 0.5) is 11.4 Å². The highest BCUT2D eigenvalue weighted by Gasteiger charge is 2.00. The van der Waals surface area contributed by atoms with Gasteiger partial charge in [0.1, 0.15) is 0 Å². The van der Waals surface area contributed by atoms with E-state index in [0.29, 0.717) is 11.8 Å². The first-order chi connectivity index (χ1) is 9.41. The summed E-state index contributed by atoms with van der Waals surface area (Å²) < 4.78 is 0. The summed E-state index contributed by atoms with van der Waals surface area (Å²) in [4.78, 5) is 0. The molecule has 0 amide bonds. The number of para-hydroxylation sites is 1. The van der Waals surface area contributed by atoms with Crippen LogP contribution in [0, 0.1) is 0 Å². The van der Waals surface area contributed by atoms with Gasteiger partial charge in [-0.1, -0.05) is 58.0 Å². The highest BCUT2D eigenvalue weighted by molar-refractivity contribution is 5.47. The molecule has 4 N–H and O–H groups in total. The maximum absolute atomic E-state index is 5.72. The minimum absolute atomic E-state index is 0.529. The van der Waals surface area contributed by atoms with E-state index in [4.69, 9.17) is 11.5 Å². The van der Waals surface area contributed by atoms with Gasteiger partial charge in [-0.05, 0) is 41.2 Å². The fourth-order valence-corrected chi connectivity index (χ4v) is 1.92. The smallest absolute Gasteiger partial charge is 0.0349 e. The molecule has 0 atom stereocenters. The maximum atomic E-state index is 5.72. The molecule has 0 saturated carbocycles. The Morgan fingerprint density at radius 1 is 0.700 bits per heavy atom. The molecule has 0 aliphatic carbocycles. The molecule has 2 heteroatoms. The van der Waals surface area contributed by atoms with Crippen molar-refractivity contribution in [1.29, 1.82) is 0 Å². The van der Waals surface area contributed by atoms with E-state index < -0.39 is 0 Å². The average Bonchev–Trinajstić information content (AvgIpc) is 2.40. The van der Waals surface area contributed by atoms with Gasteiger partial charge in [-0.15, -0.1) is 0 Å². The average molecular weight is 270 g/mol. The van der Waals surface area contributed by atoms with Crippen LogP contribution in [0.2, 0.25) is 0 Å². The van der Waals surface area contributed by atoms with Crippen molar-refractivity contribution in [3.8, 4) is 0 Å². The Bertz CT molecular complexity index is 513. The normalized spacial score (nSPS) is 10.3. The van der Waals surface area contributed by atoms with E-state index in [2.05, 4.69) is 45.9 Å². The molecule has 0 heterocycles. The molecule has 0 aliphatic rings. The first kappa shape index (κ1) is 16.1. The van der Waals surface area contributed by atoms with Gasteiger partial charge in [-0.3, -0.25) is 0 Å². The molecule has 108 valence electrons. The van der Waals surface area contributed by atoms with Crippen molar-refractivity contribution in [2.75, 3.05) is 11.5 Å². The monoisotopic (exact) mass is 270 g/mol. The van der Waals surface area contributed by atoms with E-state index in [1.165, 1.54) is 11.1 Å². The quantitative estimate of drug-likeness (QED) is 0.771. The predicted octanol–water partition coefficient (Wildman–Crippen LogP) is 4.78. The van der Waals surface area contributed by atoms with Crippen molar-refractivity contribution in [2.45, 2.75) is 39.5 Å². The molecule has 0 spiro atoms. The largest absolute Gasteiger partial charge is 0.399 e. The van der Waals surface area contributed by atoms with E-state index in [9.17, 15) is 0 Å². The van der Waals surface area contributed by atoms with Crippen molar-refractivity contribution in [2.24, 2.45) is 0 Å². The van der Waals surface area contributed by atoms with E-state index >= 15 is 0 Å². The van der Waals surface area contributed by atoms with Gasteiger partial charge in [0.05, 0.1) is 0 Å². The fraction of sp³-hybridized carbons (Fsp3) is 0.333. The van der Waals surface area contributed by atoms with Crippen LogP contribution in [-0.2, 0) is 0 Å². The topological polar surface area (TPSA) is 52.0 Å². The lowest BCUT2D eigenvalue weighted by molar-refractivity contribution is 0.867. The Balaban J connectivity index is 0.000000200. The van der Waals surface area contributed by atoms with E-state index in [1.54, 1.807) is 0 Å². The molecule has 2 rings (SSSR count). The number of hydrogen-bond donors (Lipinski definition) is 2. The van der Waals surface area contributed by atoms with Crippen LogP contribution in [0.15, 0.2) is 48.5 Å². The first-order valence-corrected chi connectivity index (χ1v) is 7.11. The van der Waals surface area contributed by atoms with Gasteiger partial charge in [0.2, 0.25) is 0 Å². The molecule has 0 fully saturated rings. The molecular formula is C18H26N2. The molecule has 0 aliphatic heterocycles. The molecular weight excluding hydrogens is 244 g/mol. The highest BCUT2D eigenvalue weighted by Crippen LogP contribution is 2.20. The van der Waals surface area contributed by atoms with E-state index in [1.807, 2.05) is 30.3 Å².